The molecule has 0 unspecified atom stereocenters. The van der Waals surface area contributed by atoms with Gasteiger partial charge in [-0.15, -0.1) is 0 Å². The minimum atomic E-state index is -3.23. The Hall–Kier alpha value is -1.56. The summed E-state index contributed by atoms with van der Waals surface area (Å²) in [6, 6.07) is 4.81. The lowest BCUT2D eigenvalue weighted by atomic mass is 10.1. The predicted octanol–water partition coefficient (Wildman–Crippen LogP) is 2.71. The lowest BCUT2D eigenvalue weighted by Crippen LogP contribution is -2.36. The Balaban J connectivity index is 2.00. The molecular weight excluding hydrogens is 288 g/mol. The van der Waals surface area contributed by atoms with E-state index in [4.69, 9.17) is 0 Å². The third-order valence-electron chi connectivity index (χ3n) is 3.86. The molecule has 5 nitrogen and oxygen atoms in total. The van der Waals surface area contributed by atoms with Gasteiger partial charge in [0, 0.05) is 18.0 Å². The van der Waals surface area contributed by atoms with Crippen LogP contribution in [0.4, 0.5) is 10.5 Å². The number of carbonyl (C=O) groups excluding carboxylic acids is 1. The number of aryl methyl sites for hydroxylation is 1. The fourth-order valence-electron chi connectivity index (χ4n) is 2.83. The molecule has 116 valence electrons. The maximum atomic E-state index is 11.9. The van der Waals surface area contributed by atoms with Crippen molar-refractivity contribution in [3.63, 3.8) is 0 Å². The molecule has 1 saturated carbocycles. The molecule has 0 aliphatic heterocycles. The van der Waals surface area contributed by atoms with Crippen molar-refractivity contribution in [3.05, 3.63) is 23.8 Å². The van der Waals surface area contributed by atoms with E-state index in [1.54, 1.807) is 19.1 Å². The Kier molecular flexibility index (Phi) is 4.56. The summed E-state index contributed by atoms with van der Waals surface area (Å²) < 4.78 is 23.1. The summed E-state index contributed by atoms with van der Waals surface area (Å²) in [6.07, 6.45) is 4.35. The summed E-state index contributed by atoms with van der Waals surface area (Å²) in [5.41, 5.74) is 1.23. The van der Waals surface area contributed by atoms with Gasteiger partial charge < -0.3 is 10.6 Å². The summed E-state index contributed by atoms with van der Waals surface area (Å²) in [5, 5.41) is 5.71. The topological polar surface area (TPSA) is 75.3 Å². The van der Waals surface area contributed by atoms with Gasteiger partial charge in [-0.25, -0.2) is 13.2 Å². The summed E-state index contributed by atoms with van der Waals surface area (Å²) in [4.78, 5) is 12.2. The molecule has 1 aromatic carbocycles. The van der Waals surface area contributed by atoms with Crippen LogP contribution in [-0.4, -0.2) is 26.7 Å². The second-order valence-corrected chi connectivity index (χ2v) is 7.95. The number of benzene rings is 1. The highest BCUT2D eigenvalue weighted by molar-refractivity contribution is 7.90. The molecule has 21 heavy (non-hydrogen) atoms. The number of carbonyl (C=O) groups is 1. The van der Waals surface area contributed by atoms with Crippen molar-refractivity contribution in [2.45, 2.75) is 44.0 Å². The van der Waals surface area contributed by atoms with Crippen LogP contribution in [0.15, 0.2) is 23.1 Å². The van der Waals surface area contributed by atoms with Gasteiger partial charge in [0.05, 0.1) is 4.90 Å². The number of hydrogen-bond donors (Lipinski definition) is 2. The van der Waals surface area contributed by atoms with Gasteiger partial charge in [0.15, 0.2) is 9.84 Å². The number of urea groups is 1. The average Bonchev–Trinajstić information content (AvgIpc) is 2.72. The molecule has 2 amide bonds. The van der Waals surface area contributed by atoms with E-state index in [2.05, 4.69) is 17.6 Å². The van der Waals surface area contributed by atoms with Crippen molar-refractivity contribution >= 4 is 21.6 Å². The van der Waals surface area contributed by atoms with E-state index in [9.17, 15) is 13.2 Å². The van der Waals surface area contributed by atoms with Crippen LogP contribution in [0.5, 0.6) is 0 Å². The highest BCUT2D eigenvalue weighted by Gasteiger charge is 2.22. The molecule has 0 aromatic heterocycles. The number of sulfone groups is 1. The monoisotopic (exact) mass is 310 g/mol. The first-order valence-electron chi connectivity index (χ1n) is 7.14. The fraction of sp³-hybridized carbons (Fsp3) is 0.533. The summed E-state index contributed by atoms with van der Waals surface area (Å²) in [7, 11) is -3.23. The van der Waals surface area contributed by atoms with Gasteiger partial charge in [-0.1, -0.05) is 6.92 Å². The Morgan fingerprint density at radius 1 is 1.29 bits per heavy atom. The number of hydrogen-bond acceptors (Lipinski definition) is 3. The smallest absolute Gasteiger partial charge is 0.319 e. The zero-order valence-corrected chi connectivity index (χ0v) is 13.5. The van der Waals surface area contributed by atoms with Crippen LogP contribution in [0, 0.1) is 12.8 Å². The Labute approximate surface area is 126 Å². The van der Waals surface area contributed by atoms with Crippen LogP contribution in [0.2, 0.25) is 0 Å². The number of rotatable bonds is 3. The third kappa shape index (κ3) is 4.20. The molecule has 0 spiro atoms. The van der Waals surface area contributed by atoms with E-state index >= 15 is 0 Å². The van der Waals surface area contributed by atoms with Gasteiger partial charge in [0.2, 0.25) is 0 Å². The second kappa shape index (κ2) is 6.05. The summed E-state index contributed by atoms with van der Waals surface area (Å²) in [5.74, 6) is 0.659. The SMILES string of the molecule is Cc1cc(NC(=O)N[C@@H]2CC[C@@H](C)C2)ccc1S(C)(=O)=O. The first-order valence-corrected chi connectivity index (χ1v) is 9.03. The van der Waals surface area contributed by atoms with Gasteiger partial charge >= 0.3 is 6.03 Å². The molecule has 6 heteroatoms. The maximum absolute atomic E-state index is 11.9. The molecule has 1 fully saturated rings. The fourth-order valence-corrected chi connectivity index (χ4v) is 3.79. The zero-order chi connectivity index (χ0) is 15.6. The van der Waals surface area contributed by atoms with Crippen molar-refractivity contribution < 1.29 is 13.2 Å². The molecule has 0 heterocycles. The Morgan fingerprint density at radius 3 is 2.52 bits per heavy atom. The number of anilines is 1. The van der Waals surface area contributed by atoms with Gasteiger partial charge in [0.1, 0.15) is 0 Å². The minimum Gasteiger partial charge on any atom is -0.335 e. The molecule has 0 saturated heterocycles. The maximum Gasteiger partial charge on any atom is 0.319 e. The molecule has 1 aliphatic carbocycles. The highest BCUT2D eigenvalue weighted by Crippen LogP contribution is 2.25. The first-order chi connectivity index (χ1) is 9.75. The van der Waals surface area contributed by atoms with Gasteiger partial charge in [-0.2, -0.15) is 0 Å². The molecule has 2 atom stereocenters. The third-order valence-corrected chi connectivity index (χ3v) is 5.12. The minimum absolute atomic E-state index is 0.233. The van der Waals surface area contributed by atoms with E-state index in [-0.39, 0.29) is 17.0 Å². The van der Waals surface area contributed by atoms with E-state index < -0.39 is 9.84 Å². The molecule has 0 bridgehead atoms. The number of nitrogens with one attached hydrogen (secondary N) is 2. The van der Waals surface area contributed by atoms with E-state index in [0.717, 1.165) is 19.3 Å². The molecule has 1 aliphatic rings. The van der Waals surface area contributed by atoms with Gasteiger partial charge in [-0.3, -0.25) is 0 Å². The van der Waals surface area contributed by atoms with Crippen molar-refractivity contribution in [2.75, 3.05) is 11.6 Å². The summed E-state index contributed by atoms with van der Waals surface area (Å²) in [6.45, 7) is 3.91. The molecule has 2 N–H and O–H groups in total. The largest absolute Gasteiger partial charge is 0.335 e. The number of amides is 2. The first kappa shape index (κ1) is 15.8. The van der Waals surface area contributed by atoms with Crippen LogP contribution in [0.3, 0.4) is 0 Å². The van der Waals surface area contributed by atoms with E-state index in [1.165, 1.54) is 12.3 Å². The molecular formula is C15H22N2O3S. The highest BCUT2D eigenvalue weighted by atomic mass is 32.2. The normalized spacial score (nSPS) is 22.0. The van der Waals surface area contributed by atoms with Crippen LogP contribution in [0.25, 0.3) is 0 Å². The lowest BCUT2D eigenvalue weighted by Gasteiger charge is -2.14. The van der Waals surface area contributed by atoms with Crippen LogP contribution in [-0.2, 0) is 9.84 Å². The standard InChI is InChI=1S/C15H22N2O3S/c1-10-4-5-12(8-10)16-15(18)17-13-6-7-14(11(2)9-13)21(3,19)20/h6-7,9-10,12H,4-5,8H2,1-3H3,(H2,16,17,18)/t10-,12-/m1/s1. The molecule has 2 rings (SSSR count). The summed E-state index contributed by atoms with van der Waals surface area (Å²) >= 11 is 0. The van der Waals surface area contributed by atoms with Crippen molar-refractivity contribution in [1.29, 1.82) is 0 Å². The average molecular weight is 310 g/mol. The second-order valence-electron chi connectivity index (χ2n) is 5.97. The Bertz CT molecular complexity index is 640. The van der Waals surface area contributed by atoms with E-state index in [1.807, 2.05) is 0 Å². The lowest BCUT2D eigenvalue weighted by molar-refractivity contribution is 0.248. The predicted molar refractivity (Wildman–Crippen MR) is 83.2 cm³/mol. The van der Waals surface area contributed by atoms with Crippen LogP contribution < -0.4 is 10.6 Å². The van der Waals surface area contributed by atoms with Gasteiger partial charge in [0.25, 0.3) is 0 Å². The van der Waals surface area contributed by atoms with Crippen molar-refractivity contribution in [1.82, 2.24) is 5.32 Å². The van der Waals surface area contributed by atoms with Crippen LogP contribution >= 0.6 is 0 Å². The Morgan fingerprint density at radius 2 is 2.00 bits per heavy atom. The van der Waals surface area contributed by atoms with Crippen molar-refractivity contribution in [2.24, 2.45) is 5.92 Å². The van der Waals surface area contributed by atoms with Crippen molar-refractivity contribution in [3.8, 4) is 0 Å². The van der Waals surface area contributed by atoms with E-state index in [0.29, 0.717) is 17.2 Å². The molecule has 0 radical (unpaired) electrons. The quantitative estimate of drug-likeness (QED) is 0.901. The van der Waals surface area contributed by atoms with Gasteiger partial charge in [-0.05, 0) is 55.9 Å². The zero-order valence-electron chi connectivity index (χ0n) is 12.6. The van der Waals surface area contributed by atoms with Crippen LogP contribution in [0.1, 0.15) is 31.7 Å². The molecule has 1 aromatic rings.